The van der Waals surface area contributed by atoms with Gasteiger partial charge in [0.25, 0.3) is 0 Å². The van der Waals surface area contributed by atoms with Crippen LogP contribution in [0, 0.1) is 0 Å². The van der Waals surface area contributed by atoms with Crippen LogP contribution in [0.25, 0.3) is 17.0 Å². The second kappa shape index (κ2) is 8.20. The summed E-state index contributed by atoms with van der Waals surface area (Å²) >= 11 is 6.06. The third kappa shape index (κ3) is 3.83. The molecule has 2 nitrogen and oxygen atoms in total. The van der Waals surface area contributed by atoms with Gasteiger partial charge in [-0.05, 0) is 63.8 Å². The summed E-state index contributed by atoms with van der Waals surface area (Å²) in [5, 5.41) is 0.738. The number of aliphatic imine (C=N–C) groups is 1. The van der Waals surface area contributed by atoms with Crippen LogP contribution in [-0.2, 0) is 12.8 Å². The second-order valence-corrected chi connectivity index (χ2v) is 7.88. The molecule has 1 aromatic heterocycles. The van der Waals surface area contributed by atoms with Crippen LogP contribution in [0.2, 0.25) is 5.02 Å². The molecule has 0 spiro atoms. The van der Waals surface area contributed by atoms with Crippen LogP contribution in [0.15, 0.2) is 69.6 Å². The van der Waals surface area contributed by atoms with E-state index in [2.05, 4.69) is 26.0 Å². The van der Waals surface area contributed by atoms with Gasteiger partial charge in [0.05, 0.1) is 11.9 Å². The Labute approximate surface area is 171 Å². The minimum Gasteiger partial charge on any atom is -0.455 e. The molecule has 3 aromatic rings. The van der Waals surface area contributed by atoms with Gasteiger partial charge in [0.2, 0.25) is 0 Å². The highest BCUT2D eigenvalue weighted by molar-refractivity contribution is 6.30. The number of hydrogen-bond acceptors (Lipinski definition) is 2. The summed E-state index contributed by atoms with van der Waals surface area (Å²) in [6.45, 7) is 4.19. The largest absolute Gasteiger partial charge is 0.455 e. The van der Waals surface area contributed by atoms with Gasteiger partial charge < -0.3 is 4.42 Å². The highest BCUT2D eigenvalue weighted by Gasteiger charge is 2.23. The van der Waals surface area contributed by atoms with Crippen molar-refractivity contribution in [2.45, 2.75) is 39.5 Å². The average Bonchev–Trinajstić information content (AvgIpc) is 3.08. The molecule has 1 aliphatic carbocycles. The second-order valence-electron chi connectivity index (χ2n) is 7.44. The van der Waals surface area contributed by atoms with E-state index < -0.39 is 0 Å². The van der Waals surface area contributed by atoms with Gasteiger partial charge >= 0.3 is 0 Å². The summed E-state index contributed by atoms with van der Waals surface area (Å²) in [6, 6.07) is 18.2. The summed E-state index contributed by atoms with van der Waals surface area (Å²) in [4.78, 5) is 4.83. The SMILES string of the molecule is CC(C)=C(N=Cc1oc(-c2ccc(Cl)cc2)c2c1CCCC2)c1ccccc1. The molecule has 0 aliphatic heterocycles. The lowest BCUT2D eigenvalue weighted by Gasteiger charge is -2.11. The number of rotatable bonds is 4. The van der Waals surface area contributed by atoms with Crippen molar-refractivity contribution >= 4 is 23.5 Å². The first-order chi connectivity index (χ1) is 13.6. The topological polar surface area (TPSA) is 25.5 Å². The van der Waals surface area contributed by atoms with Crippen molar-refractivity contribution in [2.75, 3.05) is 0 Å². The van der Waals surface area contributed by atoms with E-state index in [1.807, 2.05) is 48.7 Å². The van der Waals surface area contributed by atoms with Crippen LogP contribution in [0.4, 0.5) is 0 Å². The molecule has 2 aromatic carbocycles. The Bertz CT molecular complexity index is 1020. The molecule has 0 saturated carbocycles. The van der Waals surface area contributed by atoms with E-state index >= 15 is 0 Å². The fourth-order valence-corrected chi connectivity index (χ4v) is 3.94. The molecule has 0 atom stereocenters. The number of benzene rings is 2. The summed E-state index contributed by atoms with van der Waals surface area (Å²) < 4.78 is 6.34. The maximum atomic E-state index is 6.34. The third-order valence-electron chi connectivity index (χ3n) is 5.19. The molecule has 142 valence electrons. The maximum absolute atomic E-state index is 6.34. The van der Waals surface area contributed by atoms with E-state index in [0.29, 0.717) is 0 Å². The minimum absolute atomic E-state index is 0.738. The molecule has 0 N–H and O–H groups in total. The van der Waals surface area contributed by atoms with Gasteiger partial charge in [0.1, 0.15) is 11.5 Å². The quantitative estimate of drug-likeness (QED) is 0.428. The minimum atomic E-state index is 0.738. The van der Waals surface area contributed by atoms with Crippen LogP contribution in [-0.4, -0.2) is 6.21 Å². The highest BCUT2D eigenvalue weighted by Crippen LogP contribution is 2.36. The molecule has 3 heteroatoms. The average molecular weight is 390 g/mol. The predicted molar refractivity (Wildman–Crippen MR) is 118 cm³/mol. The number of furan rings is 1. The normalized spacial score (nSPS) is 13.5. The van der Waals surface area contributed by atoms with Gasteiger partial charge in [0.15, 0.2) is 0 Å². The van der Waals surface area contributed by atoms with E-state index in [4.69, 9.17) is 21.0 Å². The van der Waals surface area contributed by atoms with Gasteiger partial charge in [-0.25, -0.2) is 0 Å². The number of fused-ring (bicyclic) bond motifs is 1. The van der Waals surface area contributed by atoms with Gasteiger partial charge in [-0.15, -0.1) is 0 Å². The Kier molecular flexibility index (Phi) is 5.50. The Balaban J connectivity index is 1.75. The van der Waals surface area contributed by atoms with E-state index in [1.54, 1.807) is 0 Å². The number of nitrogens with zero attached hydrogens (tertiary/aromatic N) is 1. The van der Waals surface area contributed by atoms with Crippen LogP contribution in [0.5, 0.6) is 0 Å². The molecule has 0 unspecified atom stereocenters. The molecule has 0 saturated heterocycles. The Morgan fingerprint density at radius 3 is 2.29 bits per heavy atom. The van der Waals surface area contributed by atoms with Crippen LogP contribution in [0.3, 0.4) is 0 Å². The number of halogens is 1. The van der Waals surface area contributed by atoms with E-state index in [1.165, 1.54) is 29.5 Å². The van der Waals surface area contributed by atoms with Gasteiger partial charge in [-0.2, -0.15) is 0 Å². The molecule has 4 rings (SSSR count). The van der Waals surface area contributed by atoms with Crippen molar-refractivity contribution in [3.05, 3.63) is 87.6 Å². The number of hydrogen-bond donors (Lipinski definition) is 0. The molecule has 28 heavy (non-hydrogen) atoms. The molecule has 0 bridgehead atoms. The Hall–Kier alpha value is -2.58. The van der Waals surface area contributed by atoms with Gasteiger partial charge in [0, 0.05) is 27.3 Å². The van der Waals surface area contributed by atoms with E-state index in [9.17, 15) is 0 Å². The van der Waals surface area contributed by atoms with Crippen molar-refractivity contribution in [1.29, 1.82) is 0 Å². The van der Waals surface area contributed by atoms with Crippen LogP contribution < -0.4 is 0 Å². The fraction of sp³-hybridized carbons (Fsp3) is 0.240. The smallest absolute Gasteiger partial charge is 0.149 e. The van der Waals surface area contributed by atoms with Crippen molar-refractivity contribution < 1.29 is 4.42 Å². The highest BCUT2D eigenvalue weighted by atomic mass is 35.5. The van der Waals surface area contributed by atoms with Crippen LogP contribution >= 0.6 is 11.6 Å². The standard InChI is InChI=1S/C25H24ClNO/c1-17(2)24(18-8-4-3-5-9-18)27-16-23-21-10-6-7-11-22(21)25(28-23)19-12-14-20(26)15-13-19/h3-5,8-9,12-16H,6-7,10-11H2,1-2H3. The summed E-state index contributed by atoms with van der Waals surface area (Å²) in [7, 11) is 0. The van der Waals surface area contributed by atoms with Crippen LogP contribution in [0.1, 0.15) is 49.1 Å². The predicted octanol–water partition coefficient (Wildman–Crippen LogP) is 7.35. The zero-order valence-electron chi connectivity index (χ0n) is 16.3. The lowest BCUT2D eigenvalue weighted by atomic mass is 9.91. The third-order valence-corrected chi connectivity index (χ3v) is 5.44. The molecule has 1 aliphatic rings. The zero-order chi connectivity index (χ0) is 19.5. The first kappa shape index (κ1) is 18.8. The lowest BCUT2D eigenvalue weighted by molar-refractivity contribution is 0.570. The lowest BCUT2D eigenvalue weighted by Crippen LogP contribution is -2.02. The first-order valence-corrected chi connectivity index (χ1v) is 10.2. The Morgan fingerprint density at radius 2 is 1.61 bits per heavy atom. The monoisotopic (exact) mass is 389 g/mol. The van der Waals surface area contributed by atoms with Crippen molar-refractivity contribution in [1.82, 2.24) is 0 Å². The van der Waals surface area contributed by atoms with Gasteiger partial charge in [-0.1, -0.05) is 47.5 Å². The zero-order valence-corrected chi connectivity index (χ0v) is 17.1. The van der Waals surface area contributed by atoms with E-state index in [0.717, 1.165) is 46.2 Å². The summed E-state index contributed by atoms with van der Waals surface area (Å²) in [6.07, 6.45) is 6.40. The maximum Gasteiger partial charge on any atom is 0.149 e. The van der Waals surface area contributed by atoms with Crippen molar-refractivity contribution in [3.8, 4) is 11.3 Å². The molecular weight excluding hydrogens is 366 g/mol. The molecule has 0 fully saturated rings. The first-order valence-electron chi connectivity index (χ1n) is 9.81. The van der Waals surface area contributed by atoms with E-state index in [-0.39, 0.29) is 0 Å². The fourth-order valence-electron chi connectivity index (χ4n) is 3.81. The molecular formula is C25H24ClNO. The van der Waals surface area contributed by atoms with Crippen molar-refractivity contribution in [3.63, 3.8) is 0 Å². The molecule has 0 radical (unpaired) electrons. The summed E-state index contributed by atoms with van der Waals surface area (Å²) in [5.41, 5.74) is 7.01. The summed E-state index contributed by atoms with van der Waals surface area (Å²) in [5.74, 6) is 1.85. The van der Waals surface area contributed by atoms with Gasteiger partial charge in [-0.3, -0.25) is 4.99 Å². The molecule has 0 amide bonds. The molecule has 1 heterocycles. The Morgan fingerprint density at radius 1 is 0.929 bits per heavy atom. The van der Waals surface area contributed by atoms with Crippen molar-refractivity contribution in [2.24, 2.45) is 4.99 Å². The number of allylic oxidation sites excluding steroid dienone is 1.